The number of pyridine rings is 1. The number of hydrogen-bond acceptors (Lipinski definition) is 6. The molecule has 0 atom stereocenters. The number of hydrogen-bond donors (Lipinski definition) is 0. The van der Waals surface area contributed by atoms with Gasteiger partial charge < -0.3 is 9.64 Å². The Balaban J connectivity index is 1.22. The lowest BCUT2D eigenvalue weighted by Crippen LogP contribution is -2.49. The third-order valence-corrected chi connectivity index (χ3v) is 6.29. The van der Waals surface area contributed by atoms with Crippen LogP contribution < -0.4 is 4.74 Å². The van der Waals surface area contributed by atoms with E-state index in [-0.39, 0.29) is 6.09 Å². The first-order valence-electron chi connectivity index (χ1n) is 10.7. The van der Waals surface area contributed by atoms with Crippen LogP contribution in [0, 0.1) is 13.8 Å². The van der Waals surface area contributed by atoms with Crippen molar-refractivity contribution < 1.29 is 9.53 Å². The van der Waals surface area contributed by atoms with E-state index in [4.69, 9.17) is 4.74 Å². The molecule has 0 unspecified atom stereocenters. The highest BCUT2D eigenvalue weighted by atomic mass is 32.1. The maximum Gasteiger partial charge on any atom is 0.415 e. The van der Waals surface area contributed by atoms with Crippen LogP contribution in [0.5, 0.6) is 5.75 Å². The molecule has 0 saturated carbocycles. The van der Waals surface area contributed by atoms with Crippen LogP contribution in [-0.2, 0) is 12.8 Å². The van der Waals surface area contributed by atoms with Gasteiger partial charge in [-0.1, -0.05) is 12.1 Å². The lowest BCUT2D eigenvalue weighted by atomic mass is 10.1. The number of ether oxygens (including phenoxy) is 1. The van der Waals surface area contributed by atoms with Crippen LogP contribution in [-0.4, -0.2) is 58.6 Å². The number of piperazine rings is 1. The van der Waals surface area contributed by atoms with Gasteiger partial charge in [-0.05, 0) is 49.2 Å². The van der Waals surface area contributed by atoms with E-state index in [1.165, 1.54) is 5.56 Å². The first kappa shape index (κ1) is 21.5. The van der Waals surface area contributed by atoms with Gasteiger partial charge in [-0.3, -0.25) is 9.88 Å². The van der Waals surface area contributed by atoms with Gasteiger partial charge in [0.2, 0.25) is 0 Å². The monoisotopic (exact) mass is 436 g/mol. The summed E-state index contributed by atoms with van der Waals surface area (Å²) in [4.78, 5) is 25.6. The second kappa shape index (κ2) is 10.0. The van der Waals surface area contributed by atoms with Crippen molar-refractivity contribution in [2.24, 2.45) is 0 Å². The Bertz CT molecular complexity index is 1010. The van der Waals surface area contributed by atoms with Crippen molar-refractivity contribution in [1.29, 1.82) is 0 Å². The van der Waals surface area contributed by atoms with Gasteiger partial charge in [0.05, 0.1) is 10.7 Å². The molecule has 1 aromatic carbocycles. The normalized spacial score (nSPS) is 14.6. The van der Waals surface area contributed by atoms with Crippen molar-refractivity contribution in [1.82, 2.24) is 19.8 Å². The zero-order valence-corrected chi connectivity index (χ0v) is 18.9. The second-order valence-corrected chi connectivity index (χ2v) is 9.01. The van der Waals surface area contributed by atoms with Crippen LogP contribution in [0.15, 0.2) is 48.0 Å². The molecule has 1 fully saturated rings. The predicted molar refractivity (Wildman–Crippen MR) is 123 cm³/mol. The summed E-state index contributed by atoms with van der Waals surface area (Å²) < 4.78 is 5.59. The third-order valence-electron chi connectivity index (χ3n) is 5.47. The Morgan fingerprint density at radius 2 is 1.84 bits per heavy atom. The van der Waals surface area contributed by atoms with Gasteiger partial charge >= 0.3 is 6.09 Å². The minimum absolute atomic E-state index is 0.275. The van der Waals surface area contributed by atoms with Crippen molar-refractivity contribution in [3.8, 4) is 5.75 Å². The molecule has 3 aromatic rings. The van der Waals surface area contributed by atoms with Gasteiger partial charge in [0.15, 0.2) is 0 Å². The molecular formula is C24H28N4O2S. The van der Waals surface area contributed by atoms with Gasteiger partial charge in [0, 0.05) is 62.8 Å². The van der Waals surface area contributed by atoms with Crippen molar-refractivity contribution in [2.45, 2.75) is 26.7 Å². The average molecular weight is 437 g/mol. The van der Waals surface area contributed by atoms with E-state index in [0.29, 0.717) is 18.8 Å². The molecule has 162 valence electrons. The number of carbonyl (C=O) groups is 1. The number of benzene rings is 1. The molecule has 7 heteroatoms. The molecule has 0 spiro atoms. The molecule has 1 aliphatic heterocycles. The molecule has 0 aliphatic carbocycles. The van der Waals surface area contributed by atoms with Gasteiger partial charge in [0.25, 0.3) is 0 Å². The molecule has 6 nitrogen and oxygen atoms in total. The SMILES string of the molecule is Cc1ccnc(Cc2ccc(OC(=O)N3CCN(CCc4csc(C)n4)CC3)cc2)c1. The smallest absolute Gasteiger partial charge is 0.410 e. The summed E-state index contributed by atoms with van der Waals surface area (Å²) >= 11 is 1.70. The molecule has 0 bridgehead atoms. The van der Waals surface area contributed by atoms with Crippen LogP contribution in [0.3, 0.4) is 0 Å². The fraction of sp³-hybridized carbons (Fsp3) is 0.375. The summed E-state index contributed by atoms with van der Waals surface area (Å²) in [5.74, 6) is 0.576. The highest BCUT2D eigenvalue weighted by molar-refractivity contribution is 7.09. The Morgan fingerprint density at radius 3 is 2.52 bits per heavy atom. The molecule has 0 N–H and O–H groups in total. The Morgan fingerprint density at radius 1 is 1.06 bits per heavy atom. The molecule has 0 radical (unpaired) electrons. The van der Waals surface area contributed by atoms with Crippen molar-refractivity contribution in [2.75, 3.05) is 32.7 Å². The van der Waals surface area contributed by atoms with E-state index in [1.807, 2.05) is 43.5 Å². The quantitative estimate of drug-likeness (QED) is 0.582. The first-order chi connectivity index (χ1) is 15.0. The van der Waals surface area contributed by atoms with E-state index in [1.54, 1.807) is 16.2 Å². The van der Waals surface area contributed by atoms with Crippen molar-refractivity contribution in [3.63, 3.8) is 0 Å². The van der Waals surface area contributed by atoms with Gasteiger partial charge in [-0.2, -0.15) is 0 Å². The van der Waals surface area contributed by atoms with E-state index >= 15 is 0 Å². The highest BCUT2D eigenvalue weighted by Gasteiger charge is 2.22. The topological polar surface area (TPSA) is 58.6 Å². The second-order valence-electron chi connectivity index (χ2n) is 7.95. The molecule has 1 amide bonds. The molecular weight excluding hydrogens is 408 g/mol. The number of amides is 1. The van der Waals surface area contributed by atoms with Crippen LogP contribution in [0.25, 0.3) is 0 Å². The summed E-state index contributed by atoms with van der Waals surface area (Å²) in [5, 5.41) is 3.24. The Hall–Kier alpha value is -2.77. The van der Waals surface area contributed by atoms with Crippen LogP contribution >= 0.6 is 11.3 Å². The van der Waals surface area contributed by atoms with E-state index in [2.05, 4.69) is 33.2 Å². The fourth-order valence-corrected chi connectivity index (χ4v) is 4.34. The van der Waals surface area contributed by atoms with Gasteiger partial charge in [0.1, 0.15) is 5.75 Å². The average Bonchev–Trinajstić information content (AvgIpc) is 3.19. The molecule has 31 heavy (non-hydrogen) atoms. The summed E-state index contributed by atoms with van der Waals surface area (Å²) in [6.45, 7) is 8.17. The molecule has 2 aromatic heterocycles. The first-order valence-corrected chi connectivity index (χ1v) is 11.5. The standard InChI is InChI=1S/C24H28N4O2S/c1-18-7-9-25-22(15-18)16-20-3-5-23(6-4-20)30-24(29)28-13-11-27(12-14-28)10-8-21-17-31-19(2)26-21/h3-7,9,15,17H,8,10-14,16H2,1-2H3. The Kier molecular flexibility index (Phi) is 6.94. The lowest BCUT2D eigenvalue weighted by molar-refractivity contribution is 0.111. The van der Waals surface area contributed by atoms with Crippen LogP contribution in [0.1, 0.15) is 27.5 Å². The van der Waals surface area contributed by atoms with E-state index < -0.39 is 0 Å². The van der Waals surface area contributed by atoms with Gasteiger partial charge in [-0.25, -0.2) is 9.78 Å². The lowest BCUT2D eigenvalue weighted by Gasteiger charge is -2.33. The number of aryl methyl sites for hydroxylation is 2. The molecule has 1 aliphatic rings. The predicted octanol–water partition coefficient (Wildman–Crippen LogP) is 4.10. The maximum absolute atomic E-state index is 12.5. The van der Waals surface area contributed by atoms with E-state index in [9.17, 15) is 4.79 Å². The largest absolute Gasteiger partial charge is 0.415 e. The number of nitrogens with zero attached hydrogens (tertiary/aromatic N) is 4. The summed E-state index contributed by atoms with van der Waals surface area (Å²) in [7, 11) is 0. The maximum atomic E-state index is 12.5. The molecule has 3 heterocycles. The Labute approximate surface area is 187 Å². The minimum atomic E-state index is -0.275. The summed E-state index contributed by atoms with van der Waals surface area (Å²) in [6, 6.07) is 11.8. The summed E-state index contributed by atoms with van der Waals surface area (Å²) in [5.41, 5.74) is 4.54. The van der Waals surface area contributed by atoms with E-state index in [0.717, 1.165) is 54.4 Å². The number of carbonyl (C=O) groups excluding carboxylic acids is 1. The zero-order valence-electron chi connectivity index (χ0n) is 18.1. The van der Waals surface area contributed by atoms with Crippen LogP contribution in [0.2, 0.25) is 0 Å². The van der Waals surface area contributed by atoms with Gasteiger partial charge in [-0.15, -0.1) is 11.3 Å². The minimum Gasteiger partial charge on any atom is -0.410 e. The number of aromatic nitrogens is 2. The van der Waals surface area contributed by atoms with Crippen molar-refractivity contribution in [3.05, 3.63) is 75.5 Å². The fourth-order valence-electron chi connectivity index (χ4n) is 3.70. The molecule has 1 saturated heterocycles. The summed E-state index contributed by atoms with van der Waals surface area (Å²) in [6.07, 6.45) is 3.28. The number of rotatable bonds is 6. The highest BCUT2D eigenvalue weighted by Crippen LogP contribution is 2.17. The molecule has 4 rings (SSSR count). The van der Waals surface area contributed by atoms with Crippen LogP contribution in [0.4, 0.5) is 4.79 Å². The van der Waals surface area contributed by atoms with Crippen molar-refractivity contribution >= 4 is 17.4 Å². The third kappa shape index (κ3) is 6.12. The zero-order chi connectivity index (χ0) is 21.6. The number of thiazole rings is 1.